The number of aromatic nitrogens is 5. The molecule has 0 radical (unpaired) electrons. The highest BCUT2D eigenvalue weighted by molar-refractivity contribution is 6.06. The highest BCUT2D eigenvalue weighted by atomic mass is 19.1. The zero-order valence-corrected chi connectivity index (χ0v) is 27.4. The van der Waals surface area contributed by atoms with Crippen molar-refractivity contribution in [3.05, 3.63) is 119 Å². The van der Waals surface area contributed by atoms with E-state index >= 15 is 0 Å². The number of aromatic amines is 1. The van der Waals surface area contributed by atoms with Gasteiger partial charge in [0.05, 0.1) is 53.8 Å². The van der Waals surface area contributed by atoms with Crippen LogP contribution in [-0.4, -0.2) is 61.3 Å². The van der Waals surface area contributed by atoms with Crippen LogP contribution in [0.2, 0.25) is 0 Å². The normalized spacial score (nSPS) is 16.1. The third-order valence-electron chi connectivity index (χ3n) is 9.30. The van der Waals surface area contributed by atoms with Crippen molar-refractivity contribution >= 4 is 39.1 Å². The summed E-state index contributed by atoms with van der Waals surface area (Å²) in [5.41, 5.74) is 5.16. The fourth-order valence-corrected chi connectivity index (χ4v) is 6.41. The summed E-state index contributed by atoms with van der Waals surface area (Å²) in [5.74, 6) is -0.0743. The number of fused-ring (bicyclic) bond motifs is 2. The number of anilines is 1. The van der Waals surface area contributed by atoms with Gasteiger partial charge in [-0.1, -0.05) is 18.2 Å². The predicted molar refractivity (Wildman–Crippen MR) is 186 cm³/mol. The summed E-state index contributed by atoms with van der Waals surface area (Å²) < 4.78 is 42.6. The van der Waals surface area contributed by atoms with Gasteiger partial charge in [-0.2, -0.15) is 10.4 Å². The maximum absolute atomic E-state index is 14.5. The van der Waals surface area contributed by atoms with Crippen LogP contribution in [0.5, 0.6) is 5.88 Å². The first-order valence-electron chi connectivity index (χ1n) is 16.6. The maximum atomic E-state index is 14.5. The van der Waals surface area contributed by atoms with E-state index in [1.54, 1.807) is 36.4 Å². The van der Waals surface area contributed by atoms with Gasteiger partial charge in [-0.05, 0) is 66.9 Å². The average molecular weight is 687 g/mol. The van der Waals surface area contributed by atoms with Crippen LogP contribution in [0.15, 0.2) is 79.0 Å². The van der Waals surface area contributed by atoms with E-state index in [0.29, 0.717) is 53.2 Å². The Bertz CT molecular complexity index is 2360. The topological polar surface area (TPSA) is 134 Å². The second kappa shape index (κ2) is 13.7. The summed E-state index contributed by atoms with van der Waals surface area (Å²) >= 11 is 0. The first kappa shape index (κ1) is 32.2. The van der Waals surface area contributed by atoms with Crippen LogP contribution in [-0.2, 0) is 24.4 Å². The summed E-state index contributed by atoms with van der Waals surface area (Å²) in [6.45, 7) is 3.48. The number of nitrogens with zero attached hydrogens (tertiary/aromatic N) is 6. The van der Waals surface area contributed by atoms with Crippen molar-refractivity contribution in [2.75, 3.05) is 25.0 Å². The van der Waals surface area contributed by atoms with E-state index in [1.165, 1.54) is 18.3 Å². The minimum atomic E-state index is -0.496. The van der Waals surface area contributed by atoms with Crippen LogP contribution in [0.3, 0.4) is 0 Å². The van der Waals surface area contributed by atoms with E-state index in [2.05, 4.69) is 36.0 Å². The first-order chi connectivity index (χ1) is 24.9. The van der Waals surface area contributed by atoms with Crippen LogP contribution in [0.25, 0.3) is 27.5 Å². The quantitative estimate of drug-likeness (QED) is 0.170. The van der Waals surface area contributed by atoms with Crippen LogP contribution >= 0.6 is 0 Å². The molecule has 0 spiro atoms. The Morgan fingerprint density at radius 3 is 2.78 bits per heavy atom. The number of nitriles is 1. The molecule has 0 aliphatic carbocycles. The maximum Gasteiger partial charge on any atom is 0.255 e. The lowest BCUT2D eigenvalue weighted by Crippen LogP contribution is -2.33. The lowest BCUT2D eigenvalue weighted by Gasteiger charge is -2.29. The molecule has 0 bridgehead atoms. The molecule has 1 atom stereocenters. The number of amides is 1. The van der Waals surface area contributed by atoms with Crippen molar-refractivity contribution in [1.29, 1.82) is 5.26 Å². The van der Waals surface area contributed by atoms with E-state index in [-0.39, 0.29) is 29.7 Å². The Kier molecular flexibility index (Phi) is 8.69. The van der Waals surface area contributed by atoms with E-state index in [0.717, 1.165) is 48.6 Å². The van der Waals surface area contributed by atoms with Gasteiger partial charge in [-0.15, -0.1) is 0 Å². The van der Waals surface area contributed by atoms with E-state index < -0.39 is 11.6 Å². The van der Waals surface area contributed by atoms with Crippen LogP contribution < -0.4 is 10.1 Å². The Labute approximate surface area is 291 Å². The lowest BCUT2D eigenvalue weighted by atomic mass is 10.0. The lowest BCUT2D eigenvalue weighted by molar-refractivity contribution is -0.0591. The Balaban J connectivity index is 0.962. The van der Waals surface area contributed by atoms with Gasteiger partial charge in [-0.3, -0.25) is 14.8 Å². The number of halogens is 2. The molecule has 1 fully saturated rings. The van der Waals surface area contributed by atoms with Gasteiger partial charge in [0, 0.05) is 48.0 Å². The molecule has 0 saturated carbocycles. The third kappa shape index (κ3) is 6.79. The number of imidazole rings is 1. The fraction of sp³-hybridized carbons (Fsp3) is 0.237. The molecule has 5 heterocycles. The molecule has 2 aliphatic heterocycles. The number of nitrogens with one attached hydrogen (secondary N) is 2. The zero-order valence-electron chi connectivity index (χ0n) is 27.4. The van der Waals surface area contributed by atoms with Gasteiger partial charge < -0.3 is 19.4 Å². The molecule has 6 aromatic rings. The highest BCUT2D eigenvalue weighted by Gasteiger charge is 2.24. The van der Waals surface area contributed by atoms with Gasteiger partial charge in [-0.25, -0.2) is 18.7 Å². The molecular formula is C38H32F2N8O3. The van der Waals surface area contributed by atoms with Crippen molar-refractivity contribution < 1.29 is 23.0 Å². The zero-order chi connectivity index (χ0) is 34.9. The fourth-order valence-electron chi connectivity index (χ4n) is 6.41. The number of pyridine rings is 1. The summed E-state index contributed by atoms with van der Waals surface area (Å²) in [6, 6.07) is 20.2. The molecule has 51 heavy (non-hydrogen) atoms. The minimum Gasteiger partial charge on any atom is -0.473 e. The minimum absolute atomic E-state index is 0.00213. The predicted octanol–water partition coefficient (Wildman–Crippen LogP) is 6.37. The highest BCUT2D eigenvalue weighted by Crippen LogP contribution is 2.28. The summed E-state index contributed by atoms with van der Waals surface area (Å²) in [6.07, 6.45) is 5.52. The number of benzene rings is 3. The van der Waals surface area contributed by atoms with E-state index in [4.69, 9.17) is 19.7 Å². The van der Waals surface area contributed by atoms with Crippen LogP contribution in [0, 0.1) is 23.0 Å². The van der Waals surface area contributed by atoms with Crippen molar-refractivity contribution in [1.82, 2.24) is 29.6 Å². The van der Waals surface area contributed by atoms with Gasteiger partial charge in [0.25, 0.3) is 5.91 Å². The first-order valence-corrected chi connectivity index (χ1v) is 16.6. The number of carbonyl (C=O) groups is 1. The molecule has 1 saturated heterocycles. The van der Waals surface area contributed by atoms with Crippen molar-refractivity contribution in [3.8, 4) is 11.9 Å². The Hall–Kier alpha value is -5.97. The second-order valence-electron chi connectivity index (χ2n) is 12.7. The van der Waals surface area contributed by atoms with E-state index in [9.17, 15) is 13.6 Å². The molecule has 3 aromatic heterocycles. The summed E-state index contributed by atoms with van der Waals surface area (Å²) in [5, 5.41) is 18.8. The van der Waals surface area contributed by atoms with Crippen LogP contribution in [0.4, 0.5) is 14.5 Å². The molecule has 8 rings (SSSR count). The van der Waals surface area contributed by atoms with Crippen molar-refractivity contribution in [3.63, 3.8) is 0 Å². The molecule has 3 aromatic carbocycles. The number of hydrogen-bond donors (Lipinski definition) is 2. The van der Waals surface area contributed by atoms with Crippen molar-refractivity contribution in [2.45, 2.75) is 38.6 Å². The van der Waals surface area contributed by atoms with Crippen LogP contribution in [0.1, 0.15) is 45.8 Å². The number of rotatable bonds is 10. The Morgan fingerprint density at radius 1 is 1.10 bits per heavy atom. The third-order valence-corrected chi connectivity index (χ3v) is 9.30. The summed E-state index contributed by atoms with van der Waals surface area (Å²) in [7, 11) is 0. The smallest absolute Gasteiger partial charge is 0.255 e. The number of carbonyl (C=O) groups excluding carboxylic acids is 1. The molecule has 11 nitrogen and oxygen atoms in total. The van der Waals surface area contributed by atoms with Gasteiger partial charge in [0.1, 0.15) is 23.8 Å². The second-order valence-corrected chi connectivity index (χ2v) is 12.7. The van der Waals surface area contributed by atoms with Gasteiger partial charge >= 0.3 is 0 Å². The standard InChI is InChI=1S/C38H32F2N8O3/c39-30-14-23(18-41)4-5-26(30)22-51-36-3-1-2-32(45-36)24-8-11-47(12-9-24)21-35-44-33-16-25(6-7-34(33)48(35)20-29-10-13-50-29)38(49)43-28-15-27-19-42-46-37(27)31(40)17-28/h1-8,14-17,19,29H,9-13,20-22H2,(H,42,46)(H,43,49)/t29-/m0/s1. The monoisotopic (exact) mass is 686 g/mol. The summed E-state index contributed by atoms with van der Waals surface area (Å²) in [4.78, 5) is 25.2. The Morgan fingerprint density at radius 2 is 2.00 bits per heavy atom. The molecule has 2 N–H and O–H groups in total. The largest absolute Gasteiger partial charge is 0.473 e. The SMILES string of the molecule is N#Cc1ccc(COc2cccc(C3=CCN(Cc4nc5cc(C(=O)Nc6cc(F)c7[nH]ncc7c6)ccc5n4C[C@@H]4CCO4)CC3)n2)c(F)c1. The number of hydrogen-bond acceptors (Lipinski definition) is 8. The molecule has 0 unspecified atom stereocenters. The van der Waals surface area contributed by atoms with E-state index in [1.807, 2.05) is 24.3 Å². The molecular weight excluding hydrogens is 654 g/mol. The van der Waals surface area contributed by atoms with Gasteiger partial charge in [0.15, 0.2) is 5.82 Å². The molecule has 1 amide bonds. The number of ether oxygens (including phenoxy) is 2. The molecule has 256 valence electrons. The van der Waals surface area contributed by atoms with Gasteiger partial charge in [0.2, 0.25) is 5.88 Å². The number of H-pyrrole nitrogens is 1. The van der Waals surface area contributed by atoms with Crippen molar-refractivity contribution in [2.24, 2.45) is 0 Å². The molecule has 2 aliphatic rings. The average Bonchev–Trinajstić information content (AvgIpc) is 3.74. The molecule has 13 heteroatoms.